The van der Waals surface area contributed by atoms with Gasteiger partial charge < -0.3 is 15.1 Å². The number of nitrogens with zero attached hydrogens (tertiary/aromatic N) is 1. The van der Waals surface area contributed by atoms with Crippen molar-refractivity contribution in [1.29, 1.82) is 0 Å². The lowest BCUT2D eigenvalue weighted by Gasteiger charge is -2.37. The maximum Gasteiger partial charge on any atom is 0.246 e. The van der Waals surface area contributed by atoms with E-state index in [1.54, 1.807) is 17.9 Å². The fourth-order valence-corrected chi connectivity index (χ4v) is 1.68. The second kappa shape index (κ2) is 4.57. The third kappa shape index (κ3) is 2.56. The van der Waals surface area contributed by atoms with E-state index in [-0.39, 0.29) is 19.1 Å². The molecule has 2 N–H and O–H groups in total. The number of carbonyl (C=O) groups is 1. The van der Waals surface area contributed by atoms with Crippen molar-refractivity contribution in [2.45, 2.75) is 25.4 Å². The van der Waals surface area contributed by atoms with Crippen LogP contribution in [0.25, 0.3) is 0 Å². The molecule has 1 saturated heterocycles. The number of carbonyl (C=O) groups excluding carboxylic acids is 1. The molecule has 1 heterocycles. The molecule has 0 aromatic rings. The van der Waals surface area contributed by atoms with Crippen LogP contribution >= 0.6 is 0 Å². The third-order valence-electron chi connectivity index (χ3n) is 2.47. The Labute approximate surface area is 83.8 Å². The molecule has 80 valence electrons. The number of likely N-dealkylation sites (tertiary alicyclic amines) is 1. The molecule has 0 aromatic carbocycles. The maximum absolute atomic E-state index is 11.4. The van der Waals surface area contributed by atoms with Crippen molar-refractivity contribution in [3.05, 3.63) is 12.2 Å². The zero-order chi connectivity index (χ0) is 10.6. The molecule has 4 nitrogen and oxygen atoms in total. The minimum Gasteiger partial charge on any atom is -0.393 e. The van der Waals surface area contributed by atoms with Gasteiger partial charge in [0.25, 0.3) is 0 Å². The third-order valence-corrected chi connectivity index (χ3v) is 2.47. The lowest BCUT2D eigenvalue weighted by molar-refractivity contribution is -0.135. The van der Waals surface area contributed by atoms with Gasteiger partial charge in [0.15, 0.2) is 0 Å². The Bertz CT molecular complexity index is 240. The number of β-amino-alcohol motifs (C(OH)–C–C–N with tert-alkyl or cyclic N) is 1. The van der Waals surface area contributed by atoms with Crippen molar-refractivity contribution in [1.82, 2.24) is 4.90 Å². The average molecular weight is 199 g/mol. The van der Waals surface area contributed by atoms with E-state index in [0.717, 1.165) is 6.42 Å². The molecule has 0 bridgehead atoms. The number of aliphatic hydroxyl groups is 2. The smallest absolute Gasteiger partial charge is 0.246 e. The predicted octanol–water partition coefficient (Wildman–Crippen LogP) is -0.0917. The van der Waals surface area contributed by atoms with E-state index in [9.17, 15) is 9.90 Å². The normalized spacial score (nSPS) is 28.4. The molecule has 0 aromatic heterocycles. The standard InChI is InChI=1S/C10H17NO3/c1-2-4-9(13)11-6-3-5-10(14,7-11)8-12/h2,4,12,14H,3,5-8H2,1H3/b4-2+. The Kier molecular flexibility index (Phi) is 3.66. The SMILES string of the molecule is C/C=C/C(=O)N1CCCC(O)(CO)C1. The molecule has 1 fully saturated rings. The van der Waals surface area contributed by atoms with E-state index in [2.05, 4.69) is 0 Å². The molecular weight excluding hydrogens is 182 g/mol. The van der Waals surface area contributed by atoms with Gasteiger partial charge in [0, 0.05) is 6.54 Å². The quantitative estimate of drug-likeness (QED) is 0.611. The summed E-state index contributed by atoms with van der Waals surface area (Å²) in [6.45, 7) is 2.38. The van der Waals surface area contributed by atoms with E-state index < -0.39 is 5.60 Å². The van der Waals surface area contributed by atoms with Crippen molar-refractivity contribution in [3.63, 3.8) is 0 Å². The highest BCUT2D eigenvalue weighted by Crippen LogP contribution is 2.20. The minimum absolute atomic E-state index is 0.0981. The highest BCUT2D eigenvalue weighted by molar-refractivity contribution is 5.87. The molecule has 4 heteroatoms. The van der Waals surface area contributed by atoms with Crippen LogP contribution in [0.3, 0.4) is 0 Å². The molecule has 1 atom stereocenters. The van der Waals surface area contributed by atoms with Crippen LogP contribution < -0.4 is 0 Å². The van der Waals surface area contributed by atoms with Crippen LogP contribution in [0.4, 0.5) is 0 Å². The number of amides is 1. The van der Waals surface area contributed by atoms with Crippen LogP contribution in [-0.2, 0) is 4.79 Å². The molecular formula is C10H17NO3. The average Bonchev–Trinajstić information content (AvgIpc) is 2.18. The molecule has 1 aliphatic rings. The molecule has 0 spiro atoms. The highest BCUT2D eigenvalue weighted by Gasteiger charge is 2.33. The molecule has 1 amide bonds. The zero-order valence-corrected chi connectivity index (χ0v) is 8.44. The number of aliphatic hydroxyl groups excluding tert-OH is 1. The second-order valence-electron chi connectivity index (χ2n) is 3.75. The number of hydrogen-bond donors (Lipinski definition) is 2. The van der Waals surface area contributed by atoms with Gasteiger partial charge in [-0.05, 0) is 25.8 Å². The molecule has 1 unspecified atom stereocenters. The van der Waals surface area contributed by atoms with Gasteiger partial charge in [-0.3, -0.25) is 4.79 Å². The van der Waals surface area contributed by atoms with Gasteiger partial charge >= 0.3 is 0 Å². The summed E-state index contributed by atoms with van der Waals surface area (Å²) >= 11 is 0. The largest absolute Gasteiger partial charge is 0.393 e. The molecule has 0 saturated carbocycles. The van der Waals surface area contributed by atoms with E-state index >= 15 is 0 Å². The Morgan fingerprint density at radius 3 is 2.93 bits per heavy atom. The van der Waals surface area contributed by atoms with Crippen LogP contribution in [0.15, 0.2) is 12.2 Å². The first-order valence-electron chi connectivity index (χ1n) is 4.86. The monoisotopic (exact) mass is 199 g/mol. The van der Waals surface area contributed by atoms with Crippen LogP contribution in [0.5, 0.6) is 0 Å². The molecule has 1 aliphatic heterocycles. The maximum atomic E-state index is 11.4. The summed E-state index contributed by atoms with van der Waals surface area (Å²) < 4.78 is 0. The van der Waals surface area contributed by atoms with Gasteiger partial charge in [0.2, 0.25) is 5.91 Å². The first-order chi connectivity index (χ1) is 6.61. The first kappa shape index (κ1) is 11.2. The van der Waals surface area contributed by atoms with Gasteiger partial charge in [-0.2, -0.15) is 0 Å². The van der Waals surface area contributed by atoms with E-state index in [4.69, 9.17) is 5.11 Å². The van der Waals surface area contributed by atoms with E-state index in [0.29, 0.717) is 13.0 Å². The van der Waals surface area contributed by atoms with E-state index in [1.165, 1.54) is 6.08 Å². The molecule has 1 rings (SSSR count). The summed E-state index contributed by atoms with van der Waals surface area (Å²) in [6.07, 6.45) is 4.45. The molecule has 0 aliphatic carbocycles. The molecule has 0 radical (unpaired) electrons. The Balaban J connectivity index is 2.60. The summed E-state index contributed by atoms with van der Waals surface area (Å²) in [5.74, 6) is -0.0981. The lowest BCUT2D eigenvalue weighted by Crippen LogP contribution is -2.51. The van der Waals surface area contributed by atoms with Crippen molar-refractivity contribution in [2.75, 3.05) is 19.7 Å². The lowest BCUT2D eigenvalue weighted by atomic mass is 9.94. The van der Waals surface area contributed by atoms with Gasteiger partial charge in [0.1, 0.15) is 5.60 Å². The minimum atomic E-state index is -1.10. The summed E-state index contributed by atoms with van der Waals surface area (Å²) in [5.41, 5.74) is -1.10. The van der Waals surface area contributed by atoms with Crippen molar-refractivity contribution < 1.29 is 15.0 Å². The van der Waals surface area contributed by atoms with Crippen molar-refractivity contribution >= 4 is 5.91 Å². The predicted molar refractivity (Wildman–Crippen MR) is 52.7 cm³/mol. The molecule has 14 heavy (non-hydrogen) atoms. The van der Waals surface area contributed by atoms with Crippen LogP contribution in [-0.4, -0.2) is 46.3 Å². The summed E-state index contributed by atoms with van der Waals surface area (Å²) in [6, 6.07) is 0. The number of piperidine rings is 1. The van der Waals surface area contributed by atoms with Gasteiger partial charge in [-0.1, -0.05) is 6.08 Å². The highest BCUT2D eigenvalue weighted by atomic mass is 16.3. The Hall–Kier alpha value is -0.870. The van der Waals surface area contributed by atoms with Crippen molar-refractivity contribution in [2.24, 2.45) is 0 Å². The van der Waals surface area contributed by atoms with Gasteiger partial charge in [-0.15, -0.1) is 0 Å². The van der Waals surface area contributed by atoms with Crippen molar-refractivity contribution in [3.8, 4) is 0 Å². The topological polar surface area (TPSA) is 60.8 Å². The summed E-state index contributed by atoms with van der Waals surface area (Å²) in [5, 5.41) is 18.8. The summed E-state index contributed by atoms with van der Waals surface area (Å²) in [7, 11) is 0. The number of allylic oxidation sites excluding steroid dienone is 1. The van der Waals surface area contributed by atoms with Crippen LogP contribution in [0.1, 0.15) is 19.8 Å². The fraction of sp³-hybridized carbons (Fsp3) is 0.700. The Morgan fingerprint density at radius 1 is 1.64 bits per heavy atom. The van der Waals surface area contributed by atoms with Gasteiger partial charge in [0.05, 0.1) is 13.2 Å². The van der Waals surface area contributed by atoms with Crippen LogP contribution in [0.2, 0.25) is 0 Å². The zero-order valence-electron chi connectivity index (χ0n) is 8.44. The number of rotatable bonds is 2. The van der Waals surface area contributed by atoms with Crippen LogP contribution in [0, 0.1) is 0 Å². The van der Waals surface area contributed by atoms with E-state index in [1.807, 2.05) is 0 Å². The first-order valence-corrected chi connectivity index (χ1v) is 4.86. The fourth-order valence-electron chi connectivity index (χ4n) is 1.68. The Morgan fingerprint density at radius 2 is 2.36 bits per heavy atom. The summed E-state index contributed by atoms with van der Waals surface area (Å²) in [4.78, 5) is 13.0. The number of hydrogen-bond acceptors (Lipinski definition) is 3. The second-order valence-corrected chi connectivity index (χ2v) is 3.75. The van der Waals surface area contributed by atoms with Gasteiger partial charge in [-0.25, -0.2) is 0 Å².